The molecule has 0 aliphatic carbocycles. The minimum absolute atomic E-state index is 0.0546. The van der Waals surface area contributed by atoms with Crippen molar-refractivity contribution in [3.63, 3.8) is 0 Å². The van der Waals surface area contributed by atoms with E-state index in [9.17, 15) is 9.59 Å². The van der Waals surface area contributed by atoms with Gasteiger partial charge < -0.3 is 20.3 Å². The van der Waals surface area contributed by atoms with E-state index in [-0.39, 0.29) is 18.0 Å². The van der Waals surface area contributed by atoms with Crippen molar-refractivity contribution >= 4 is 35.1 Å². The Morgan fingerprint density at radius 1 is 1.19 bits per heavy atom. The number of anilines is 2. The number of aromatic nitrogens is 2. The molecule has 3 aliphatic heterocycles. The maximum atomic E-state index is 13.5. The number of pyridine rings is 2. The van der Waals surface area contributed by atoms with Gasteiger partial charge >= 0.3 is 6.03 Å². The van der Waals surface area contributed by atoms with Crippen LogP contribution in [0.1, 0.15) is 30.0 Å². The van der Waals surface area contributed by atoms with E-state index in [1.54, 1.807) is 23.5 Å². The van der Waals surface area contributed by atoms with E-state index in [2.05, 4.69) is 32.5 Å². The summed E-state index contributed by atoms with van der Waals surface area (Å²) in [7, 11) is 2.07. The monoisotopic (exact) mass is 516 g/mol. The summed E-state index contributed by atoms with van der Waals surface area (Å²) in [5, 5.41) is 6.63. The molecule has 6 rings (SSSR count). The van der Waals surface area contributed by atoms with E-state index in [0.717, 1.165) is 53.5 Å². The molecular weight excluding hydrogens is 488 g/mol. The van der Waals surface area contributed by atoms with Gasteiger partial charge in [0.1, 0.15) is 21.8 Å². The smallest absolute Gasteiger partial charge is 0.327 e. The van der Waals surface area contributed by atoms with Gasteiger partial charge in [0.15, 0.2) is 0 Å². The quantitative estimate of drug-likeness (QED) is 0.525. The molecule has 1 fully saturated rings. The molecule has 3 atom stereocenters. The highest BCUT2D eigenvalue weighted by atomic mass is 32.2. The molecule has 0 saturated carbocycles. The molecule has 3 aromatic rings. The van der Waals surface area contributed by atoms with Crippen molar-refractivity contribution in [2.24, 2.45) is 0 Å². The fourth-order valence-electron chi connectivity index (χ4n) is 5.32. The second kappa shape index (κ2) is 9.68. The number of carbonyl (C=O) groups excluding carboxylic acids is 2. The molecule has 2 unspecified atom stereocenters. The Balaban J connectivity index is 1.26. The summed E-state index contributed by atoms with van der Waals surface area (Å²) in [6.07, 6.45) is 7.08. The van der Waals surface area contributed by atoms with Gasteiger partial charge in [-0.2, -0.15) is 0 Å². The Hall–Kier alpha value is -3.63. The Bertz CT molecular complexity index is 1350. The van der Waals surface area contributed by atoms with Gasteiger partial charge in [-0.05, 0) is 75.3 Å². The SMILES string of the molecule is Cc1cc(Oc2cccnc2)ccc1N1C(=O)NC2c3c1ccnc3S[C@H]2C(=O)NC1CCCN(C)C1. The normalized spacial score (nSPS) is 22.8. The molecule has 3 aliphatic rings. The fraction of sp³-hybridized carbons (Fsp3) is 0.333. The van der Waals surface area contributed by atoms with Gasteiger partial charge in [-0.25, -0.2) is 9.78 Å². The van der Waals surface area contributed by atoms with E-state index in [0.29, 0.717) is 11.5 Å². The van der Waals surface area contributed by atoms with E-state index < -0.39 is 11.3 Å². The third kappa shape index (κ3) is 4.51. The number of amides is 3. The summed E-state index contributed by atoms with van der Waals surface area (Å²) in [5.41, 5.74) is 3.26. The predicted octanol–water partition coefficient (Wildman–Crippen LogP) is 4.16. The van der Waals surface area contributed by atoms with Crippen molar-refractivity contribution in [1.29, 1.82) is 0 Å². The number of carbonyl (C=O) groups is 2. The first-order chi connectivity index (χ1) is 18.0. The largest absolute Gasteiger partial charge is 0.456 e. The van der Waals surface area contributed by atoms with Gasteiger partial charge in [-0.3, -0.25) is 14.7 Å². The number of nitrogens with zero attached hydrogens (tertiary/aromatic N) is 4. The number of ether oxygens (including phenoxy) is 1. The van der Waals surface area contributed by atoms with Crippen molar-refractivity contribution in [3.05, 3.63) is 66.1 Å². The third-order valence-corrected chi connectivity index (χ3v) is 8.30. The minimum atomic E-state index is -0.460. The molecule has 9 nitrogen and oxygen atoms in total. The van der Waals surface area contributed by atoms with Gasteiger partial charge in [0, 0.05) is 30.5 Å². The number of hydrogen-bond acceptors (Lipinski definition) is 7. The first-order valence-corrected chi connectivity index (χ1v) is 13.3. The van der Waals surface area contributed by atoms with E-state index >= 15 is 0 Å². The van der Waals surface area contributed by atoms with Crippen LogP contribution in [0.4, 0.5) is 16.2 Å². The zero-order valence-corrected chi connectivity index (χ0v) is 21.5. The molecule has 0 spiro atoms. The molecule has 190 valence electrons. The van der Waals surface area contributed by atoms with E-state index in [1.165, 1.54) is 11.8 Å². The summed E-state index contributed by atoms with van der Waals surface area (Å²) in [6.45, 7) is 3.83. The van der Waals surface area contributed by atoms with Crippen molar-refractivity contribution in [1.82, 2.24) is 25.5 Å². The maximum absolute atomic E-state index is 13.5. The van der Waals surface area contributed by atoms with Crippen LogP contribution in [0.15, 0.2) is 60.0 Å². The number of nitrogens with one attached hydrogen (secondary N) is 2. The van der Waals surface area contributed by atoms with Crippen molar-refractivity contribution in [2.75, 3.05) is 25.0 Å². The predicted molar refractivity (Wildman–Crippen MR) is 141 cm³/mol. The highest BCUT2D eigenvalue weighted by molar-refractivity contribution is 8.01. The Kier molecular flexibility index (Phi) is 6.21. The molecule has 10 heteroatoms. The number of hydrogen-bond donors (Lipinski definition) is 2. The standard InChI is InChI=1S/C27H28N6O3S/c1-16-13-18(36-19-6-3-10-28-14-19)7-8-20(16)33-21-9-11-29-26-22(21)23(31-27(33)35)24(37-26)25(34)30-17-5-4-12-32(2)15-17/h3,6-11,13-14,17,23-24H,4-5,12,15H2,1-2H3,(H,30,34)(H,31,35)/t17?,23?,24-/m1/s1. The summed E-state index contributed by atoms with van der Waals surface area (Å²) in [6, 6.07) is 10.5. The van der Waals surface area contributed by atoms with E-state index in [4.69, 9.17) is 4.74 Å². The molecule has 37 heavy (non-hydrogen) atoms. The summed E-state index contributed by atoms with van der Waals surface area (Å²) >= 11 is 1.42. The van der Waals surface area contributed by atoms with Crippen molar-refractivity contribution < 1.29 is 14.3 Å². The number of rotatable bonds is 5. The zero-order valence-electron chi connectivity index (χ0n) is 20.7. The molecule has 5 heterocycles. The zero-order chi connectivity index (χ0) is 25.5. The molecule has 3 amide bonds. The summed E-state index contributed by atoms with van der Waals surface area (Å²) < 4.78 is 5.91. The second-order valence-corrected chi connectivity index (χ2v) is 10.8. The van der Waals surface area contributed by atoms with Crippen LogP contribution in [0.5, 0.6) is 11.5 Å². The van der Waals surface area contributed by atoms with Gasteiger partial charge in [0.05, 0.1) is 23.6 Å². The molecular formula is C27H28N6O3S. The first kappa shape index (κ1) is 23.7. The second-order valence-electron chi connectivity index (χ2n) is 9.70. The number of benzene rings is 1. The van der Waals surface area contributed by atoms with Crippen molar-refractivity contribution in [2.45, 2.75) is 42.1 Å². The van der Waals surface area contributed by atoms with Crippen LogP contribution in [-0.4, -0.2) is 58.2 Å². The first-order valence-electron chi connectivity index (χ1n) is 12.4. The number of likely N-dealkylation sites (tertiary alicyclic amines) is 1. The highest BCUT2D eigenvalue weighted by Crippen LogP contribution is 2.51. The van der Waals surface area contributed by atoms with Gasteiger partial charge in [-0.1, -0.05) is 11.8 Å². The Morgan fingerprint density at radius 3 is 2.86 bits per heavy atom. The van der Waals surface area contributed by atoms with Crippen LogP contribution in [0.2, 0.25) is 0 Å². The lowest BCUT2D eigenvalue weighted by atomic mass is 9.98. The van der Waals surface area contributed by atoms with Gasteiger partial charge in [-0.15, -0.1) is 0 Å². The third-order valence-electron chi connectivity index (χ3n) is 7.01. The van der Waals surface area contributed by atoms with Gasteiger partial charge in [0.25, 0.3) is 0 Å². The maximum Gasteiger partial charge on any atom is 0.327 e. The number of likely N-dealkylation sites (N-methyl/N-ethyl adjacent to an activating group) is 1. The average Bonchev–Trinajstić information content (AvgIpc) is 3.25. The van der Waals surface area contributed by atoms with Crippen LogP contribution < -0.4 is 20.3 Å². The fourth-order valence-corrected chi connectivity index (χ4v) is 6.55. The molecule has 1 saturated heterocycles. The number of urea groups is 1. The summed E-state index contributed by atoms with van der Waals surface area (Å²) in [4.78, 5) is 39.3. The molecule has 0 bridgehead atoms. The van der Waals surface area contributed by atoms with Crippen LogP contribution in [0, 0.1) is 6.92 Å². The van der Waals surface area contributed by atoms with Crippen LogP contribution in [0.3, 0.4) is 0 Å². The summed E-state index contributed by atoms with van der Waals surface area (Å²) in [5.74, 6) is 1.24. The lowest BCUT2D eigenvalue weighted by Gasteiger charge is -2.35. The molecule has 0 radical (unpaired) electrons. The van der Waals surface area contributed by atoms with Crippen molar-refractivity contribution in [3.8, 4) is 11.5 Å². The number of thioether (sulfide) groups is 1. The van der Waals surface area contributed by atoms with E-state index in [1.807, 2.05) is 43.3 Å². The molecule has 1 aromatic carbocycles. The highest BCUT2D eigenvalue weighted by Gasteiger charge is 2.47. The molecule has 2 N–H and O–H groups in total. The topological polar surface area (TPSA) is 99.7 Å². The average molecular weight is 517 g/mol. The lowest BCUT2D eigenvalue weighted by Crippen LogP contribution is -2.52. The Labute approximate surface area is 219 Å². The lowest BCUT2D eigenvalue weighted by molar-refractivity contribution is -0.122. The number of piperidine rings is 1. The van der Waals surface area contributed by atoms with Crippen LogP contribution >= 0.6 is 11.8 Å². The minimum Gasteiger partial charge on any atom is -0.456 e. The molecule has 2 aromatic heterocycles. The van der Waals surface area contributed by atoms with Gasteiger partial charge in [0.2, 0.25) is 5.91 Å². The Morgan fingerprint density at radius 2 is 2.08 bits per heavy atom. The van der Waals surface area contributed by atoms with Crippen LogP contribution in [0.25, 0.3) is 0 Å². The number of aryl methyl sites for hydroxylation is 1. The van der Waals surface area contributed by atoms with Crippen LogP contribution in [-0.2, 0) is 4.79 Å².